The van der Waals surface area contributed by atoms with E-state index < -0.39 is 0 Å². The summed E-state index contributed by atoms with van der Waals surface area (Å²) in [6, 6.07) is 75.7. The lowest BCUT2D eigenvalue weighted by Crippen LogP contribution is -2.16. The Hall–Kier alpha value is -6.96. The molecule has 1 nitrogen and oxygen atoms in total. The Bertz CT molecular complexity index is 2880. The van der Waals surface area contributed by atoms with E-state index in [9.17, 15) is 0 Å². The van der Waals surface area contributed by atoms with Crippen LogP contribution < -0.4 is 4.90 Å². The van der Waals surface area contributed by atoms with Crippen LogP contribution in [0.2, 0.25) is 0 Å². The molecule has 0 heterocycles. The molecular weight excluding hydrogens is 687 g/mol. The zero-order valence-corrected chi connectivity index (χ0v) is 32.6. The lowest BCUT2D eigenvalue weighted by atomic mass is 9.81. The van der Waals surface area contributed by atoms with Crippen LogP contribution in [0.3, 0.4) is 0 Å². The van der Waals surface area contributed by atoms with Gasteiger partial charge in [0.05, 0.1) is 0 Å². The van der Waals surface area contributed by atoms with E-state index in [1.54, 1.807) is 0 Å². The van der Waals surface area contributed by atoms with Gasteiger partial charge in [-0.2, -0.15) is 0 Å². The molecule has 1 aliphatic rings. The van der Waals surface area contributed by atoms with E-state index >= 15 is 0 Å². The third kappa shape index (κ3) is 6.22. The second-order valence-corrected chi connectivity index (χ2v) is 15.9. The number of nitrogens with zero attached hydrogens (tertiary/aromatic N) is 1. The largest absolute Gasteiger partial charge is 0.310 e. The first-order valence-corrected chi connectivity index (χ1v) is 19.9. The van der Waals surface area contributed by atoms with Crippen molar-refractivity contribution in [2.45, 2.75) is 26.2 Å². The first-order valence-electron chi connectivity index (χ1n) is 19.9. The minimum atomic E-state index is -0.172. The highest BCUT2D eigenvalue weighted by Crippen LogP contribution is 2.51. The summed E-state index contributed by atoms with van der Waals surface area (Å²) in [5.74, 6) is 0. The van der Waals surface area contributed by atoms with Crippen molar-refractivity contribution in [3.8, 4) is 55.6 Å². The zero-order chi connectivity index (χ0) is 38.5. The average molecular weight is 730 g/mol. The van der Waals surface area contributed by atoms with Crippen LogP contribution in [0.1, 0.15) is 30.5 Å². The lowest BCUT2D eigenvalue weighted by molar-refractivity contribution is 0.660. The predicted molar refractivity (Wildman–Crippen MR) is 243 cm³/mol. The molecule has 57 heavy (non-hydrogen) atoms. The van der Waals surface area contributed by atoms with Crippen molar-refractivity contribution in [2.24, 2.45) is 0 Å². The summed E-state index contributed by atoms with van der Waals surface area (Å²) in [6.07, 6.45) is 0. The fourth-order valence-corrected chi connectivity index (χ4v) is 8.79. The maximum Gasteiger partial charge on any atom is 0.0465 e. The maximum atomic E-state index is 2.42. The van der Waals surface area contributed by atoms with Crippen molar-refractivity contribution >= 4 is 27.8 Å². The summed E-state index contributed by atoms with van der Waals surface area (Å²) in [6.45, 7) is 6.90. The van der Waals surface area contributed by atoms with Gasteiger partial charge in [-0.25, -0.2) is 0 Å². The summed E-state index contributed by atoms with van der Waals surface area (Å²) in [5, 5.41) is 2.53. The van der Waals surface area contributed by atoms with Crippen LogP contribution in [0.25, 0.3) is 66.4 Å². The number of hydrogen-bond donors (Lipinski definition) is 0. The summed E-state index contributed by atoms with van der Waals surface area (Å²) in [4.78, 5) is 2.40. The van der Waals surface area contributed by atoms with Crippen LogP contribution in [-0.4, -0.2) is 0 Å². The molecule has 1 aliphatic carbocycles. The summed E-state index contributed by atoms with van der Waals surface area (Å²) in [7, 11) is 0. The van der Waals surface area contributed by atoms with E-state index in [-0.39, 0.29) is 5.41 Å². The molecule has 10 rings (SSSR count). The normalized spacial score (nSPS) is 12.6. The molecule has 0 unspecified atom stereocenters. The van der Waals surface area contributed by atoms with E-state index in [4.69, 9.17) is 0 Å². The monoisotopic (exact) mass is 729 g/mol. The average Bonchev–Trinajstić information content (AvgIpc) is 3.49. The van der Waals surface area contributed by atoms with Gasteiger partial charge in [0.2, 0.25) is 0 Å². The minimum Gasteiger partial charge on any atom is -0.310 e. The van der Waals surface area contributed by atoms with Gasteiger partial charge in [-0.3, -0.25) is 0 Å². The van der Waals surface area contributed by atoms with Crippen molar-refractivity contribution in [1.82, 2.24) is 0 Å². The van der Waals surface area contributed by atoms with Crippen LogP contribution in [0.15, 0.2) is 206 Å². The van der Waals surface area contributed by atoms with Gasteiger partial charge in [0.15, 0.2) is 0 Å². The van der Waals surface area contributed by atoms with Crippen molar-refractivity contribution in [2.75, 3.05) is 4.90 Å². The SMILES string of the molecule is Cc1ccc(N(c2ccc(-c3cccc4ccccc34)cc2)c2ccc3c(c2)C(C)(C)c2cc(-c4ccc(-c5ccc(-c6ccccc6)cc5)cc4)ccc2-3)cc1. The molecule has 0 N–H and O–H groups in total. The number of benzene rings is 9. The molecule has 0 fully saturated rings. The van der Waals surface area contributed by atoms with Gasteiger partial charge >= 0.3 is 0 Å². The second-order valence-electron chi connectivity index (χ2n) is 15.9. The Morgan fingerprint density at radius 2 is 0.789 bits per heavy atom. The fourth-order valence-electron chi connectivity index (χ4n) is 8.79. The topological polar surface area (TPSA) is 3.24 Å². The Balaban J connectivity index is 0.962. The van der Waals surface area contributed by atoms with E-state index in [1.165, 1.54) is 83.1 Å². The van der Waals surface area contributed by atoms with Crippen molar-refractivity contribution in [3.63, 3.8) is 0 Å². The fraction of sp³-hybridized carbons (Fsp3) is 0.0714. The van der Waals surface area contributed by atoms with Gasteiger partial charge in [-0.15, -0.1) is 0 Å². The smallest absolute Gasteiger partial charge is 0.0465 e. The van der Waals surface area contributed by atoms with Crippen molar-refractivity contribution < 1.29 is 0 Å². The molecule has 0 saturated carbocycles. The van der Waals surface area contributed by atoms with Crippen LogP contribution >= 0.6 is 0 Å². The third-order valence-corrected chi connectivity index (χ3v) is 12.0. The molecule has 9 aromatic carbocycles. The first kappa shape index (κ1) is 34.5. The lowest BCUT2D eigenvalue weighted by Gasteiger charge is -2.28. The summed E-state index contributed by atoms with van der Waals surface area (Å²) in [5.41, 5.74) is 19.7. The molecule has 0 saturated heterocycles. The molecule has 0 amide bonds. The molecule has 9 aromatic rings. The van der Waals surface area contributed by atoms with Crippen LogP contribution in [0.5, 0.6) is 0 Å². The van der Waals surface area contributed by atoms with Crippen molar-refractivity contribution in [3.05, 3.63) is 223 Å². The quantitative estimate of drug-likeness (QED) is 0.158. The summed E-state index contributed by atoms with van der Waals surface area (Å²) >= 11 is 0. The predicted octanol–water partition coefficient (Wildman–Crippen LogP) is 15.6. The Morgan fingerprint density at radius 1 is 0.333 bits per heavy atom. The van der Waals surface area contributed by atoms with E-state index in [1.807, 2.05) is 0 Å². The van der Waals surface area contributed by atoms with Gasteiger partial charge in [-0.1, -0.05) is 183 Å². The zero-order valence-electron chi connectivity index (χ0n) is 32.6. The van der Waals surface area contributed by atoms with Crippen molar-refractivity contribution in [1.29, 1.82) is 0 Å². The molecule has 272 valence electrons. The minimum absolute atomic E-state index is 0.172. The number of anilines is 3. The van der Waals surface area contributed by atoms with Gasteiger partial charge < -0.3 is 4.90 Å². The standard InChI is InChI=1S/C56H43N/c1-38-16-29-47(30-17-38)57(48-31-26-45(27-32-48)51-15-9-13-44-12-7-8-14-50(44)51)49-33-35-53-52-34-28-46(36-54(52)56(2,3)55(53)37-49)43-24-22-42(23-25-43)41-20-18-40(19-21-41)39-10-5-4-6-11-39/h4-37H,1-3H3. The third-order valence-electron chi connectivity index (χ3n) is 12.0. The number of fused-ring (bicyclic) bond motifs is 4. The highest BCUT2D eigenvalue weighted by molar-refractivity contribution is 5.97. The summed E-state index contributed by atoms with van der Waals surface area (Å²) < 4.78 is 0. The molecule has 0 aromatic heterocycles. The molecule has 1 heteroatoms. The second kappa shape index (κ2) is 14.0. The van der Waals surface area contributed by atoms with E-state index in [0.29, 0.717) is 0 Å². The van der Waals surface area contributed by atoms with Crippen LogP contribution in [-0.2, 0) is 5.41 Å². The van der Waals surface area contributed by atoms with E-state index in [2.05, 4.69) is 232 Å². The maximum absolute atomic E-state index is 2.42. The van der Waals surface area contributed by atoms with Gasteiger partial charge in [0, 0.05) is 22.5 Å². The van der Waals surface area contributed by atoms with Gasteiger partial charge in [0.1, 0.15) is 0 Å². The molecule has 0 aliphatic heterocycles. The highest BCUT2D eigenvalue weighted by Gasteiger charge is 2.36. The number of aryl methyl sites for hydroxylation is 1. The Labute approximate surface area is 336 Å². The van der Waals surface area contributed by atoms with Gasteiger partial charge in [0.25, 0.3) is 0 Å². The van der Waals surface area contributed by atoms with Gasteiger partial charge in [-0.05, 0) is 127 Å². The van der Waals surface area contributed by atoms with Crippen LogP contribution in [0.4, 0.5) is 17.1 Å². The Morgan fingerprint density at radius 3 is 1.44 bits per heavy atom. The highest BCUT2D eigenvalue weighted by atomic mass is 15.1. The molecule has 0 bridgehead atoms. The molecule has 0 spiro atoms. The number of hydrogen-bond acceptors (Lipinski definition) is 1. The van der Waals surface area contributed by atoms with Crippen LogP contribution in [0, 0.1) is 6.92 Å². The first-order chi connectivity index (χ1) is 27.9. The van der Waals surface area contributed by atoms with E-state index in [0.717, 1.165) is 17.1 Å². The molecular formula is C56H43N. The number of rotatable bonds is 7. The molecule has 0 atom stereocenters. The molecule has 0 radical (unpaired) electrons. The Kier molecular flexibility index (Phi) is 8.46.